The van der Waals surface area contributed by atoms with Crippen molar-refractivity contribution in [2.45, 2.75) is 33.4 Å². The van der Waals surface area contributed by atoms with Gasteiger partial charge in [-0.3, -0.25) is 25.3 Å². The Bertz CT molecular complexity index is 774. The monoisotopic (exact) mass is 387 g/mol. The van der Waals surface area contributed by atoms with Crippen molar-refractivity contribution in [3.8, 4) is 5.75 Å². The van der Waals surface area contributed by atoms with Gasteiger partial charge in [0.25, 0.3) is 11.8 Å². The van der Waals surface area contributed by atoms with Crippen LogP contribution in [-0.2, 0) is 11.3 Å². The molecule has 0 aliphatic carbocycles. The Hall–Kier alpha value is -2.93. The Morgan fingerprint density at radius 2 is 1.61 bits per heavy atom. The lowest BCUT2D eigenvalue weighted by Gasteiger charge is -2.18. The van der Waals surface area contributed by atoms with Gasteiger partial charge in [-0.15, -0.1) is 0 Å². The Morgan fingerprint density at radius 3 is 2.18 bits per heavy atom. The number of hydrazine groups is 1. The van der Waals surface area contributed by atoms with E-state index < -0.39 is 17.9 Å². The molecule has 0 aliphatic heterocycles. The Balaban J connectivity index is 1.83. The molecule has 2 aromatic carbocycles. The van der Waals surface area contributed by atoms with Crippen LogP contribution in [0.5, 0.6) is 5.75 Å². The van der Waals surface area contributed by atoms with E-state index in [9.17, 15) is 14.0 Å². The van der Waals surface area contributed by atoms with Crippen LogP contribution >= 0.6 is 0 Å². The van der Waals surface area contributed by atoms with E-state index in [2.05, 4.69) is 29.6 Å². The average molecular weight is 387 g/mol. The first-order valence-electron chi connectivity index (χ1n) is 9.26. The molecule has 0 heterocycles. The van der Waals surface area contributed by atoms with Crippen molar-refractivity contribution in [3.63, 3.8) is 0 Å². The van der Waals surface area contributed by atoms with Crippen LogP contribution in [0, 0.1) is 5.82 Å². The number of carbonyl (C=O) groups excluding carboxylic acids is 2. The number of ether oxygens (including phenoxy) is 1. The third-order valence-electron chi connectivity index (χ3n) is 4.31. The number of nitrogens with one attached hydrogen (secondary N) is 2. The highest BCUT2D eigenvalue weighted by atomic mass is 19.1. The van der Waals surface area contributed by atoms with E-state index in [1.54, 1.807) is 12.1 Å². The van der Waals surface area contributed by atoms with Gasteiger partial charge in [0.15, 0.2) is 6.10 Å². The maximum absolute atomic E-state index is 12.9. The van der Waals surface area contributed by atoms with Crippen LogP contribution in [0.15, 0.2) is 48.5 Å². The van der Waals surface area contributed by atoms with Gasteiger partial charge in [0.2, 0.25) is 0 Å². The summed E-state index contributed by atoms with van der Waals surface area (Å²) in [6.45, 7) is 8.49. The summed E-state index contributed by atoms with van der Waals surface area (Å²) in [5, 5.41) is 0. The molecule has 1 atom stereocenters. The number of halogens is 1. The lowest BCUT2D eigenvalue weighted by atomic mass is 10.1. The van der Waals surface area contributed by atoms with Crippen LogP contribution in [0.2, 0.25) is 0 Å². The summed E-state index contributed by atoms with van der Waals surface area (Å²) in [5.41, 5.74) is 6.26. The fourth-order valence-corrected chi connectivity index (χ4v) is 2.53. The van der Waals surface area contributed by atoms with Gasteiger partial charge in [-0.2, -0.15) is 0 Å². The average Bonchev–Trinajstić information content (AvgIpc) is 2.72. The van der Waals surface area contributed by atoms with E-state index in [0.29, 0.717) is 11.3 Å². The molecule has 2 rings (SSSR count). The lowest BCUT2D eigenvalue weighted by molar-refractivity contribution is -0.128. The fourth-order valence-electron chi connectivity index (χ4n) is 2.53. The molecule has 1 unspecified atom stereocenters. The third-order valence-corrected chi connectivity index (χ3v) is 4.31. The van der Waals surface area contributed by atoms with Gasteiger partial charge < -0.3 is 4.74 Å². The molecule has 0 fully saturated rings. The van der Waals surface area contributed by atoms with Crippen LogP contribution < -0.4 is 15.6 Å². The van der Waals surface area contributed by atoms with Crippen molar-refractivity contribution in [3.05, 3.63) is 65.5 Å². The minimum Gasteiger partial charge on any atom is -0.481 e. The van der Waals surface area contributed by atoms with Crippen molar-refractivity contribution in [1.29, 1.82) is 0 Å². The molecule has 0 radical (unpaired) electrons. The molecule has 0 spiro atoms. The SMILES string of the molecule is CCN(CC)Cc1ccc(C(=O)NNC(=O)C(C)Oc2ccc(F)cc2)cc1. The van der Waals surface area contributed by atoms with E-state index in [4.69, 9.17) is 4.74 Å². The molecule has 2 N–H and O–H groups in total. The van der Waals surface area contributed by atoms with Gasteiger partial charge >= 0.3 is 0 Å². The quantitative estimate of drug-likeness (QED) is 0.684. The Kier molecular flexibility index (Phi) is 7.95. The number of nitrogens with zero attached hydrogens (tertiary/aromatic N) is 1. The van der Waals surface area contributed by atoms with Crippen LogP contribution in [0.25, 0.3) is 0 Å². The highest BCUT2D eigenvalue weighted by Crippen LogP contribution is 2.13. The van der Waals surface area contributed by atoms with E-state index >= 15 is 0 Å². The smallest absolute Gasteiger partial charge is 0.279 e. The summed E-state index contributed by atoms with van der Waals surface area (Å²) in [7, 11) is 0. The topological polar surface area (TPSA) is 70.7 Å². The predicted octanol–water partition coefficient (Wildman–Crippen LogP) is 2.90. The Labute approximate surface area is 164 Å². The zero-order valence-corrected chi connectivity index (χ0v) is 16.4. The molecule has 0 aromatic heterocycles. The largest absolute Gasteiger partial charge is 0.481 e. The van der Waals surface area contributed by atoms with E-state index in [0.717, 1.165) is 25.2 Å². The number of benzene rings is 2. The summed E-state index contributed by atoms with van der Waals surface area (Å²) in [4.78, 5) is 26.5. The van der Waals surface area contributed by atoms with Gasteiger partial charge in [-0.05, 0) is 62.0 Å². The van der Waals surface area contributed by atoms with Crippen LogP contribution in [0.1, 0.15) is 36.7 Å². The van der Waals surface area contributed by atoms with Crippen LogP contribution in [-0.4, -0.2) is 35.9 Å². The molecule has 0 saturated carbocycles. The highest BCUT2D eigenvalue weighted by molar-refractivity contribution is 5.95. The molecular formula is C21H26FN3O3. The first kappa shape index (κ1) is 21.4. The first-order chi connectivity index (χ1) is 13.4. The molecule has 0 saturated heterocycles. The van der Waals surface area contributed by atoms with Gasteiger partial charge in [-0.25, -0.2) is 4.39 Å². The molecule has 2 aromatic rings. The summed E-state index contributed by atoms with van der Waals surface area (Å²) >= 11 is 0. The second-order valence-electron chi connectivity index (χ2n) is 6.32. The number of hydrogen-bond acceptors (Lipinski definition) is 4. The summed E-state index contributed by atoms with van der Waals surface area (Å²) < 4.78 is 18.3. The molecule has 0 bridgehead atoms. The zero-order chi connectivity index (χ0) is 20.5. The highest BCUT2D eigenvalue weighted by Gasteiger charge is 2.16. The zero-order valence-electron chi connectivity index (χ0n) is 16.4. The number of amides is 2. The van der Waals surface area contributed by atoms with Gasteiger partial charge in [0.1, 0.15) is 11.6 Å². The number of hydrogen-bond donors (Lipinski definition) is 2. The molecule has 7 heteroatoms. The number of rotatable bonds is 8. The molecule has 28 heavy (non-hydrogen) atoms. The van der Waals surface area contributed by atoms with Crippen LogP contribution in [0.4, 0.5) is 4.39 Å². The maximum atomic E-state index is 12.9. The van der Waals surface area contributed by atoms with Gasteiger partial charge in [0.05, 0.1) is 0 Å². The first-order valence-corrected chi connectivity index (χ1v) is 9.26. The molecule has 0 aliphatic rings. The summed E-state index contributed by atoms with van der Waals surface area (Å²) in [6, 6.07) is 12.6. The second-order valence-corrected chi connectivity index (χ2v) is 6.32. The third kappa shape index (κ3) is 6.35. The molecule has 150 valence electrons. The Morgan fingerprint density at radius 1 is 1.00 bits per heavy atom. The predicted molar refractivity (Wildman–Crippen MR) is 105 cm³/mol. The van der Waals surface area contributed by atoms with Crippen molar-refractivity contribution in [1.82, 2.24) is 15.8 Å². The van der Waals surface area contributed by atoms with E-state index in [1.165, 1.54) is 31.2 Å². The van der Waals surface area contributed by atoms with E-state index in [-0.39, 0.29) is 5.82 Å². The van der Waals surface area contributed by atoms with E-state index in [1.807, 2.05) is 12.1 Å². The standard InChI is InChI=1S/C21H26FN3O3/c1-4-25(5-2)14-16-6-8-17(9-7-16)21(27)24-23-20(26)15(3)28-19-12-10-18(22)11-13-19/h6-13,15H,4-5,14H2,1-3H3,(H,23,26)(H,24,27). The lowest BCUT2D eigenvalue weighted by Crippen LogP contribution is -2.47. The van der Waals surface area contributed by atoms with Crippen LogP contribution in [0.3, 0.4) is 0 Å². The summed E-state index contributed by atoms with van der Waals surface area (Å²) in [5.74, 6) is -0.966. The second kappa shape index (κ2) is 10.4. The van der Waals surface area contributed by atoms with Crippen molar-refractivity contribution < 1.29 is 18.7 Å². The molecule has 2 amide bonds. The fraction of sp³-hybridized carbons (Fsp3) is 0.333. The maximum Gasteiger partial charge on any atom is 0.279 e. The minimum atomic E-state index is -0.859. The number of carbonyl (C=O) groups is 2. The molecular weight excluding hydrogens is 361 g/mol. The van der Waals surface area contributed by atoms with Gasteiger partial charge in [-0.1, -0.05) is 26.0 Å². The molecule has 6 nitrogen and oxygen atoms in total. The van der Waals surface area contributed by atoms with Crippen molar-refractivity contribution >= 4 is 11.8 Å². The normalized spacial score (nSPS) is 11.8. The van der Waals surface area contributed by atoms with Gasteiger partial charge in [0, 0.05) is 12.1 Å². The van der Waals surface area contributed by atoms with Crippen molar-refractivity contribution in [2.75, 3.05) is 13.1 Å². The summed E-state index contributed by atoms with van der Waals surface area (Å²) in [6.07, 6.45) is -0.859. The van der Waals surface area contributed by atoms with Crippen molar-refractivity contribution in [2.24, 2.45) is 0 Å². The minimum absolute atomic E-state index is 0.360.